The van der Waals surface area contributed by atoms with Crippen LogP contribution in [0.5, 0.6) is 0 Å². The average Bonchev–Trinajstić information content (AvgIpc) is 2.98. The molecular formula is C22H27ClN4O. The number of benzene rings is 1. The van der Waals surface area contributed by atoms with Crippen LogP contribution in [0.2, 0.25) is 5.15 Å². The summed E-state index contributed by atoms with van der Waals surface area (Å²) in [5.74, 6) is 0. The van der Waals surface area contributed by atoms with Crippen LogP contribution in [0.1, 0.15) is 36.8 Å². The minimum atomic E-state index is -0.137. The first-order chi connectivity index (χ1) is 13.4. The molecule has 2 aliphatic rings. The summed E-state index contributed by atoms with van der Waals surface area (Å²) in [6.07, 6.45) is 5.69. The Hall–Kier alpha value is -2.11. The van der Waals surface area contributed by atoms with Crippen molar-refractivity contribution in [1.82, 2.24) is 20.1 Å². The Morgan fingerprint density at radius 2 is 1.86 bits per heavy atom. The van der Waals surface area contributed by atoms with E-state index in [0.29, 0.717) is 11.7 Å². The van der Waals surface area contributed by atoms with Gasteiger partial charge in [-0.15, -0.1) is 0 Å². The minimum absolute atomic E-state index is 0.0185. The number of pyridine rings is 1. The fourth-order valence-corrected chi connectivity index (χ4v) is 5.04. The van der Waals surface area contributed by atoms with Gasteiger partial charge in [-0.3, -0.25) is 4.90 Å². The van der Waals surface area contributed by atoms with Crippen molar-refractivity contribution in [3.63, 3.8) is 0 Å². The molecule has 1 aromatic carbocycles. The van der Waals surface area contributed by atoms with E-state index in [1.807, 2.05) is 17.0 Å². The van der Waals surface area contributed by atoms with Gasteiger partial charge in [0.05, 0.1) is 5.54 Å². The van der Waals surface area contributed by atoms with Crippen molar-refractivity contribution in [1.29, 1.82) is 0 Å². The zero-order chi connectivity index (χ0) is 19.8. The van der Waals surface area contributed by atoms with E-state index in [-0.39, 0.29) is 17.1 Å². The lowest BCUT2D eigenvalue weighted by Gasteiger charge is -2.48. The van der Waals surface area contributed by atoms with Gasteiger partial charge in [0.25, 0.3) is 0 Å². The molecule has 2 heterocycles. The van der Waals surface area contributed by atoms with E-state index in [1.54, 1.807) is 6.20 Å². The van der Waals surface area contributed by atoms with Crippen LogP contribution >= 0.6 is 11.6 Å². The quantitative estimate of drug-likeness (QED) is 0.791. The summed E-state index contributed by atoms with van der Waals surface area (Å²) < 4.78 is 0. The molecule has 0 bridgehead atoms. The molecule has 6 heteroatoms. The molecule has 1 aromatic heterocycles. The standard InChI is InChI=1S/C22H27ClN4O/c1-26(2)22(18-6-4-3-5-7-18)11-9-21(10-12-22)16-27(20(28)25-21)15-17-8-13-24-19(23)14-17/h3-8,13-14H,9-12,15-16H2,1-2H3,(H,25,28)/t21-,22-. The molecule has 2 amide bonds. The molecule has 2 fully saturated rings. The van der Waals surface area contributed by atoms with Gasteiger partial charge in [0.1, 0.15) is 5.15 Å². The van der Waals surface area contributed by atoms with Gasteiger partial charge < -0.3 is 10.2 Å². The van der Waals surface area contributed by atoms with Gasteiger partial charge in [0.15, 0.2) is 0 Å². The molecule has 4 rings (SSSR count). The van der Waals surface area contributed by atoms with E-state index < -0.39 is 0 Å². The highest BCUT2D eigenvalue weighted by atomic mass is 35.5. The first-order valence-electron chi connectivity index (χ1n) is 9.83. The Labute approximate surface area is 171 Å². The second-order valence-corrected chi connectivity index (χ2v) is 8.73. The van der Waals surface area contributed by atoms with Crippen molar-refractivity contribution in [2.75, 3.05) is 20.6 Å². The van der Waals surface area contributed by atoms with Crippen molar-refractivity contribution in [2.45, 2.75) is 43.3 Å². The normalized spacial score (nSPS) is 27.4. The van der Waals surface area contributed by atoms with Gasteiger partial charge in [-0.2, -0.15) is 0 Å². The van der Waals surface area contributed by atoms with Gasteiger partial charge in [0.2, 0.25) is 0 Å². The summed E-state index contributed by atoms with van der Waals surface area (Å²) in [6, 6.07) is 14.5. The molecule has 0 atom stereocenters. The largest absolute Gasteiger partial charge is 0.331 e. The van der Waals surface area contributed by atoms with E-state index in [1.165, 1.54) is 5.56 Å². The topological polar surface area (TPSA) is 48.5 Å². The van der Waals surface area contributed by atoms with E-state index in [4.69, 9.17) is 11.6 Å². The van der Waals surface area contributed by atoms with Crippen molar-refractivity contribution in [2.24, 2.45) is 0 Å². The molecule has 1 spiro atoms. The van der Waals surface area contributed by atoms with E-state index in [2.05, 4.69) is 59.6 Å². The Morgan fingerprint density at radius 1 is 1.14 bits per heavy atom. The van der Waals surface area contributed by atoms with Crippen LogP contribution in [0.3, 0.4) is 0 Å². The third-order valence-electron chi connectivity index (χ3n) is 6.52. The number of amides is 2. The highest BCUT2D eigenvalue weighted by Crippen LogP contribution is 2.46. The van der Waals surface area contributed by atoms with E-state index >= 15 is 0 Å². The lowest BCUT2D eigenvalue weighted by molar-refractivity contribution is 0.0617. The first kappa shape index (κ1) is 19.2. The van der Waals surface area contributed by atoms with Crippen molar-refractivity contribution in [3.8, 4) is 0 Å². The van der Waals surface area contributed by atoms with Crippen molar-refractivity contribution in [3.05, 3.63) is 64.9 Å². The monoisotopic (exact) mass is 398 g/mol. The second kappa shape index (κ2) is 7.37. The maximum Gasteiger partial charge on any atom is 0.318 e. The summed E-state index contributed by atoms with van der Waals surface area (Å²) in [4.78, 5) is 20.9. The van der Waals surface area contributed by atoms with E-state index in [0.717, 1.165) is 37.8 Å². The maximum absolute atomic E-state index is 12.7. The summed E-state index contributed by atoms with van der Waals surface area (Å²) in [5.41, 5.74) is 2.27. The number of aromatic nitrogens is 1. The van der Waals surface area contributed by atoms with Crippen LogP contribution in [-0.4, -0.2) is 47.0 Å². The van der Waals surface area contributed by atoms with Crippen molar-refractivity contribution >= 4 is 17.6 Å². The van der Waals surface area contributed by atoms with Gasteiger partial charge in [-0.05, 0) is 63.0 Å². The molecular weight excluding hydrogens is 372 g/mol. The Balaban J connectivity index is 1.49. The number of nitrogens with one attached hydrogen (secondary N) is 1. The highest BCUT2D eigenvalue weighted by molar-refractivity contribution is 6.29. The summed E-state index contributed by atoms with van der Waals surface area (Å²) in [6.45, 7) is 1.30. The second-order valence-electron chi connectivity index (χ2n) is 8.35. The van der Waals surface area contributed by atoms with Gasteiger partial charge >= 0.3 is 6.03 Å². The van der Waals surface area contributed by atoms with Crippen LogP contribution < -0.4 is 5.32 Å². The maximum atomic E-state index is 12.7. The van der Waals surface area contributed by atoms with Crippen LogP contribution in [0.4, 0.5) is 4.79 Å². The molecule has 0 radical (unpaired) electrons. The molecule has 148 valence electrons. The molecule has 5 nitrogen and oxygen atoms in total. The van der Waals surface area contributed by atoms with Crippen LogP contribution in [-0.2, 0) is 12.1 Å². The number of hydrogen-bond donors (Lipinski definition) is 1. The number of carbonyl (C=O) groups is 1. The number of hydrogen-bond acceptors (Lipinski definition) is 3. The predicted molar refractivity (Wildman–Crippen MR) is 111 cm³/mol. The third kappa shape index (κ3) is 3.49. The van der Waals surface area contributed by atoms with Gasteiger partial charge in [0, 0.05) is 24.8 Å². The smallest absolute Gasteiger partial charge is 0.318 e. The lowest BCUT2D eigenvalue weighted by atomic mass is 9.69. The Bertz CT molecular complexity index is 847. The number of urea groups is 1. The summed E-state index contributed by atoms with van der Waals surface area (Å²) in [7, 11) is 4.33. The van der Waals surface area contributed by atoms with Crippen LogP contribution in [0.15, 0.2) is 48.7 Å². The average molecular weight is 399 g/mol. The first-order valence-corrected chi connectivity index (χ1v) is 10.2. The van der Waals surface area contributed by atoms with Crippen molar-refractivity contribution < 1.29 is 4.79 Å². The molecule has 28 heavy (non-hydrogen) atoms. The molecule has 2 aromatic rings. The predicted octanol–water partition coefficient (Wildman–Crippen LogP) is 4.03. The highest BCUT2D eigenvalue weighted by Gasteiger charge is 2.49. The molecule has 1 saturated carbocycles. The Kier molecular flexibility index (Phi) is 5.06. The number of nitrogens with zero attached hydrogens (tertiary/aromatic N) is 3. The van der Waals surface area contributed by atoms with E-state index in [9.17, 15) is 4.79 Å². The number of carbonyl (C=O) groups excluding carboxylic acids is 1. The molecule has 1 aliphatic carbocycles. The zero-order valence-electron chi connectivity index (χ0n) is 16.5. The van der Waals surface area contributed by atoms with Gasteiger partial charge in [-0.1, -0.05) is 41.9 Å². The Morgan fingerprint density at radius 3 is 2.50 bits per heavy atom. The minimum Gasteiger partial charge on any atom is -0.331 e. The molecule has 1 aliphatic heterocycles. The van der Waals surface area contributed by atoms with Crippen LogP contribution in [0.25, 0.3) is 0 Å². The number of halogens is 1. The zero-order valence-corrected chi connectivity index (χ0v) is 17.2. The fourth-order valence-electron chi connectivity index (χ4n) is 4.84. The summed E-state index contributed by atoms with van der Waals surface area (Å²) >= 11 is 5.99. The molecule has 1 N–H and O–H groups in total. The molecule has 1 saturated heterocycles. The fraction of sp³-hybridized carbons (Fsp3) is 0.455. The van der Waals surface area contributed by atoms with Gasteiger partial charge in [-0.25, -0.2) is 9.78 Å². The lowest BCUT2D eigenvalue weighted by Crippen LogP contribution is -2.54. The SMILES string of the molecule is CN(C)[C@]1(c2ccccc2)CC[C@@]2(CC1)CN(Cc1ccnc(Cl)c1)C(=O)N2. The third-order valence-corrected chi connectivity index (χ3v) is 6.73. The van der Waals surface area contributed by atoms with Crippen LogP contribution in [0, 0.1) is 0 Å². The molecule has 0 unspecified atom stereocenters. The summed E-state index contributed by atoms with van der Waals surface area (Å²) in [5, 5.41) is 3.76. The number of rotatable bonds is 4.